The van der Waals surface area contributed by atoms with Gasteiger partial charge in [0, 0.05) is 24.4 Å². The number of methoxy groups -OCH3 is 1. The van der Waals surface area contributed by atoms with Crippen molar-refractivity contribution < 1.29 is 24.5 Å². The summed E-state index contributed by atoms with van der Waals surface area (Å²) in [6.45, 7) is 7.01. The van der Waals surface area contributed by atoms with E-state index in [2.05, 4.69) is 6.92 Å². The number of rotatable bonds is 7. The van der Waals surface area contributed by atoms with Crippen LogP contribution in [0.2, 0.25) is 0 Å². The highest BCUT2D eigenvalue weighted by atomic mass is 16.5. The molecule has 5 unspecified atom stereocenters. The zero-order valence-corrected chi connectivity index (χ0v) is 16.6. The fourth-order valence-corrected chi connectivity index (χ4v) is 4.07. The lowest BCUT2D eigenvalue weighted by atomic mass is 9.72. The maximum atomic E-state index is 12.0. The highest BCUT2D eigenvalue weighted by molar-refractivity contribution is 5.77. The number of carbonyl (C=O) groups excluding carboxylic acids is 1. The van der Waals surface area contributed by atoms with E-state index in [1.807, 2.05) is 25.1 Å². The summed E-state index contributed by atoms with van der Waals surface area (Å²) >= 11 is 0. The SMILES string of the molecule is COc1ccc(C2CN(C(=O)CO)CC2(C)C(C)O)cc1OCC1CC1C. The van der Waals surface area contributed by atoms with Crippen LogP contribution in [0, 0.1) is 17.3 Å². The van der Waals surface area contributed by atoms with E-state index in [0.717, 1.165) is 5.56 Å². The van der Waals surface area contributed by atoms with Crippen LogP contribution in [0.25, 0.3) is 0 Å². The number of aliphatic hydroxyl groups is 2. The van der Waals surface area contributed by atoms with E-state index < -0.39 is 18.1 Å². The van der Waals surface area contributed by atoms with E-state index in [1.54, 1.807) is 18.9 Å². The molecule has 0 aromatic heterocycles. The molecule has 1 saturated heterocycles. The highest BCUT2D eigenvalue weighted by Gasteiger charge is 2.48. The maximum Gasteiger partial charge on any atom is 0.248 e. The number of carbonyl (C=O) groups is 1. The van der Waals surface area contributed by atoms with Crippen molar-refractivity contribution in [3.05, 3.63) is 23.8 Å². The molecule has 5 atom stereocenters. The first-order valence-corrected chi connectivity index (χ1v) is 9.67. The molecule has 1 aromatic rings. The molecular formula is C21H31NO5. The number of amides is 1. The fourth-order valence-electron chi connectivity index (χ4n) is 4.07. The molecule has 0 spiro atoms. The molecule has 1 amide bonds. The summed E-state index contributed by atoms with van der Waals surface area (Å²) in [7, 11) is 1.62. The second-order valence-electron chi connectivity index (χ2n) is 8.36. The minimum atomic E-state index is -0.599. The van der Waals surface area contributed by atoms with Crippen LogP contribution in [-0.2, 0) is 4.79 Å². The van der Waals surface area contributed by atoms with Gasteiger partial charge in [-0.1, -0.05) is 19.9 Å². The van der Waals surface area contributed by atoms with E-state index in [-0.39, 0.29) is 11.8 Å². The van der Waals surface area contributed by atoms with Gasteiger partial charge in [0.1, 0.15) is 6.61 Å². The van der Waals surface area contributed by atoms with Gasteiger partial charge in [0.25, 0.3) is 0 Å². The van der Waals surface area contributed by atoms with E-state index in [1.165, 1.54) is 6.42 Å². The van der Waals surface area contributed by atoms with Crippen molar-refractivity contribution in [3.8, 4) is 11.5 Å². The molecule has 150 valence electrons. The predicted octanol–water partition coefficient (Wildman–Crippen LogP) is 2.04. The Morgan fingerprint density at radius 3 is 2.67 bits per heavy atom. The topological polar surface area (TPSA) is 79.2 Å². The van der Waals surface area contributed by atoms with Crippen molar-refractivity contribution >= 4 is 5.91 Å². The Kier molecular flexibility index (Phi) is 5.68. The third kappa shape index (κ3) is 3.92. The smallest absolute Gasteiger partial charge is 0.248 e. The molecule has 2 aliphatic rings. The molecule has 1 aliphatic carbocycles. The Morgan fingerprint density at radius 2 is 2.11 bits per heavy atom. The molecule has 0 radical (unpaired) electrons. The van der Waals surface area contributed by atoms with Crippen molar-refractivity contribution in [1.29, 1.82) is 0 Å². The molecule has 1 aliphatic heterocycles. The zero-order valence-electron chi connectivity index (χ0n) is 16.6. The van der Waals surface area contributed by atoms with Gasteiger partial charge in [-0.15, -0.1) is 0 Å². The first-order chi connectivity index (χ1) is 12.8. The standard InChI is InChI=1S/C21H31NO5/c1-13-7-16(13)11-27-19-8-15(5-6-18(19)26-4)17-9-22(20(25)10-23)12-21(17,3)14(2)24/h5-6,8,13-14,16-17,23-24H,7,9-12H2,1-4H3. The zero-order chi connectivity index (χ0) is 19.8. The van der Waals surface area contributed by atoms with Gasteiger partial charge in [-0.05, 0) is 42.9 Å². The first-order valence-electron chi connectivity index (χ1n) is 9.67. The van der Waals surface area contributed by atoms with Crippen LogP contribution in [0.5, 0.6) is 11.5 Å². The third-order valence-corrected chi connectivity index (χ3v) is 6.49. The summed E-state index contributed by atoms with van der Waals surface area (Å²) in [5.74, 6) is 2.34. The molecule has 6 heteroatoms. The van der Waals surface area contributed by atoms with Gasteiger partial charge >= 0.3 is 0 Å². The fraction of sp³-hybridized carbons (Fsp3) is 0.667. The number of nitrogens with zero attached hydrogens (tertiary/aromatic N) is 1. The van der Waals surface area contributed by atoms with E-state index in [9.17, 15) is 15.0 Å². The van der Waals surface area contributed by atoms with Crippen molar-refractivity contribution in [2.75, 3.05) is 33.4 Å². The molecule has 1 heterocycles. The number of aliphatic hydroxyl groups excluding tert-OH is 2. The van der Waals surface area contributed by atoms with Gasteiger partial charge in [-0.2, -0.15) is 0 Å². The van der Waals surface area contributed by atoms with Gasteiger partial charge in [0.05, 0.1) is 19.8 Å². The number of likely N-dealkylation sites (tertiary alicyclic amines) is 1. The monoisotopic (exact) mass is 377 g/mol. The maximum absolute atomic E-state index is 12.0. The Balaban J connectivity index is 1.87. The number of benzene rings is 1. The molecule has 3 rings (SSSR count). The first kappa shape index (κ1) is 20.0. The Labute approximate surface area is 161 Å². The van der Waals surface area contributed by atoms with Crippen LogP contribution in [0.4, 0.5) is 0 Å². The summed E-state index contributed by atoms with van der Waals surface area (Å²) in [5, 5.41) is 19.7. The Morgan fingerprint density at radius 1 is 1.41 bits per heavy atom. The van der Waals surface area contributed by atoms with Crippen molar-refractivity contribution in [2.24, 2.45) is 17.3 Å². The summed E-state index contributed by atoms with van der Waals surface area (Å²) in [6, 6.07) is 5.84. The van der Waals surface area contributed by atoms with Gasteiger partial charge in [-0.25, -0.2) is 0 Å². The summed E-state index contributed by atoms with van der Waals surface area (Å²) in [6.07, 6.45) is 0.598. The number of hydrogen-bond donors (Lipinski definition) is 2. The van der Waals surface area contributed by atoms with E-state index in [0.29, 0.717) is 43.0 Å². The predicted molar refractivity (Wildman–Crippen MR) is 102 cm³/mol. The second kappa shape index (κ2) is 7.68. The van der Waals surface area contributed by atoms with Crippen LogP contribution in [0.3, 0.4) is 0 Å². The van der Waals surface area contributed by atoms with Gasteiger partial charge in [-0.3, -0.25) is 4.79 Å². The van der Waals surface area contributed by atoms with Crippen LogP contribution in [0.15, 0.2) is 18.2 Å². The van der Waals surface area contributed by atoms with E-state index in [4.69, 9.17) is 9.47 Å². The van der Waals surface area contributed by atoms with E-state index >= 15 is 0 Å². The van der Waals surface area contributed by atoms with Crippen molar-refractivity contribution in [3.63, 3.8) is 0 Å². The molecule has 1 saturated carbocycles. The lowest BCUT2D eigenvalue weighted by Crippen LogP contribution is -2.38. The normalized spacial score (nSPS) is 30.9. The average molecular weight is 377 g/mol. The van der Waals surface area contributed by atoms with Gasteiger partial charge in [0.2, 0.25) is 5.91 Å². The minimum Gasteiger partial charge on any atom is -0.493 e. The highest BCUT2D eigenvalue weighted by Crippen LogP contribution is 2.47. The van der Waals surface area contributed by atoms with Gasteiger partial charge in [0.15, 0.2) is 11.5 Å². The average Bonchev–Trinajstić information content (AvgIpc) is 3.24. The quantitative estimate of drug-likeness (QED) is 0.760. The van der Waals surface area contributed by atoms with Crippen LogP contribution < -0.4 is 9.47 Å². The molecule has 2 N–H and O–H groups in total. The lowest BCUT2D eigenvalue weighted by Gasteiger charge is -2.33. The molecule has 0 bridgehead atoms. The van der Waals surface area contributed by atoms with Crippen LogP contribution in [0.1, 0.15) is 38.7 Å². The summed E-state index contributed by atoms with van der Waals surface area (Å²) in [5.41, 5.74) is 0.508. The third-order valence-electron chi connectivity index (χ3n) is 6.49. The molecule has 1 aromatic carbocycles. The van der Waals surface area contributed by atoms with Crippen LogP contribution >= 0.6 is 0 Å². The van der Waals surface area contributed by atoms with Gasteiger partial charge < -0.3 is 24.6 Å². The molecule has 2 fully saturated rings. The summed E-state index contributed by atoms with van der Waals surface area (Å²) < 4.78 is 11.5. The minimum absolute atomic E-state index is 0.0545. The molecule has 6 nitrogen and oxygen atoms in total. The van der Waals surface area contributed by atoms with Crippen molar-refractivity contribution in [1.82, 2.24) is 4.90 Å². The number of hydrogen-bond acceptors (Lipinski definition) is 5. The van der Waals surface area contributed by atoms with Crippen LogP contribution in [-0.4, -0.2) is 60.5 Å². The van der Waals surface area contributed by atoms with Crippen molar-refractivity contribution in [2.45, 2.75) is 39.2 Å². The number of ether oxygens (including phenoxy) is 2. The Hall–Kier alpha value is -1.79. The lowest BCUT2D eigenvalue weighted by molar-refractivity contribution is -0.133. The Bertz CT molecular complexity index is 691. The largest absolute Gasteiger partial charge is 0.493 e. The summed E-state index contributed by atoms with van der Waals surface area (Å²) in [4.78, 5) is 13.7. The molecule has 27 heavy (non-hydrogen) atoms. The molecular weight excluding hydrogens is 346 g/mol. The second-order valence-corrected chi connectivity index (χ2v) is 8.36.